The van der Waals surface area contributed by atoms with Gasteiger partial charge in [0.1, 0.15) is 0 Å². The molecule has 16 heavy (non-hydrogen) atoms. The third kappa shape index (κ3) is 2.65. The van der Waals surface area contributed by atoms with Crippen LogP contribution in [0.5, 0.6) is 0 Å². The van der Waals surface area contributed by atoms with Crippen LogP contribution in [0.15, 0.2) is 24.3 Å². The number of hydrogen-bond acceptors (Lipinski definition) is 1. The highest BCUT2D eigenvalue weighted by Gasteiger charge is 2.22. The Balaban J connectivity index is 2.25. The average Bonchev–Trinajstić information content (AvgIpc) is 2.17. The predicted octanol–water partition coefficient (Wildman–Crippen LogP) is 3.62. The molecule has 1 aromatic carbocycles. The summed E-state index contributed by atoms with van der Waals surface area (Å²) in [6, 6.07) is 8.92. The first kappa shape index (κ1) is 11.7. The Labute approximate surface area is 99.5 Å². The smallest absolute Gasteiger partial charge is 0.0241 e. The highest BCUT2D eigenvalue weighted by Crippen LogP contribution is 2.23. The second-order valence-electron chi connectivity index (χ2n) is 5.82. The van der Waals surface area contributed by atoms with Gasteiger partial charge in [-0.3, -0.25) is 4.90 Å². The lowest BCUT2D eigenvalue weighted by Gasteiger charge is -2.37. The van der Waals surface area contributed by atoms with Crippen molar-refractivity contribution < 1.29 is 0 Å². The molecule has 2 rings (SSSR count). The Morgan fingerprint density at radius 1 is 1.00 bits per heavy atom. The van der Waals surface area contributed by atoms with E-state index in [0.717, 1.165) is 6.54 Å². The first-order chi connectivity index (χ1) is 7.57. The maximum Gasteiger partial charge on any atom is 0.0241 e. The largest absolute Gasteiger partial charge is 0.294 e. The lowest BCUT2D eigenvalue weighted by molar-refractivity contribution is 0.122. The van der Waals surface area contributed by atoms with Crippen LogP contribution < -0.4 is 0 Å². The van der Waals surface area contributed by atoms with Crippen molar-refractivity contribution in [2.45, 2.75) is 52.1 Å². The van der Waals surface area contributed by atoms with Crippen LogP contribution >= 0.6 is 0 Å². The fraction of sp³-hybridized carbons (Fsp3) is 0.600. The van der Waals surface area contributed by atoms with Gasteiger partial charge in [-0.15, -0.1) is 0 Å². The van der Waals surface area contributed by atoms with E-state index in [-0.39, 0.29) is 5.54 Å². The summed E-state index contributed by atoms with van der Waals surface area (Å²) < 4.78 is 0. The van der Waals surface area contributed by atoms with Crippen molar-refractivity contribution >= 4 is 0 Å². The molecule has 0 aromatic heterocycles. The second kappa shape index (κ2) is 4.58. The van der Waals surface area contributed by atoms with Gasteiger partial charge < -0.3 is 0 Å². The molecule has 0 saturated carbocycles. The number of nitrogens with zero attached hydrogens (tertiary/aromatic N) is 1. The summed E-state index contributed by atoms with van der Waals surface area (Å²) in [6.07, 6.45) is 3.91. The predicted molar refractivity (Wildman–Crippen MR) is 69.5 cm³/mol. The topological polar surface area (TPSA) is 3.24 Å². The van der Waals surface area contributed by atoms with Gasteiger partial charge in [-0.2, -0.15) is 0 Å². The summed E-state index contributed by atoms with van der Waals surface area (Å²) in [5.41, 5.74) is 3.36. The van der Waals surface area contributed by atoms with Crippen LogP contribution in [0.3, 0.4) is 0 Å². The highest BCUT2D eigenvalue weighted by molar-refractivity contribution is 5.27. The molecule has 0 N–H and O–H groups in total. The van der Waals surface area contributed by atoms with Crippen LogP contribution in [-0.2, 0) is 13.0 Å². The van der Waals surface area contributed by atoms with Gasteiger partial charge in [0.25, 0.3) is 0 Å². The van der Waals surface area contributed by atoms with E-state index in [9.17, 15) is 0 Å². The monoisotopic (exact) mass is 217 g/mol. The number of benzene rings is 1. The quantitative estimate of drug-likeness (QED) is 0.641. The van der Waals surface area contributed by atoms with E-state index < -0.39 is 0 Å². The van der Waals surface area contributed by atoms with E-state index in [0.29, 0.717) is 0 Å². The van der Waals surface area contributed by atoms with Gasteiger partial charge in [-0.05, 0) is 57.7 Å². The van der Waals surface area contributed by atoms with Gasteiger partial charge in [0.05, 0.1) is 0 Å². The molecular weight excluding hydrogens is 194 g/mol. The summed E-state index contributed by atoms with van der Waals surface area (Å²) in [4.78, 5) is 2.60. The molecule has 0 spiro atoms. The molecule has 0 radical (unpaired) electrons. The standard InChI is InChI=1S/C15H23N/c1-15(2,3)16-11-7-6-9-13-8-4-5-10-14(13)12-16/h4-5,8,10H,6-7,9,11-12H2,1-3H3. The fourth-order valence-corrected chi connectivity index (χ4v) is 2.43. The van der Waals surface area contributed by atoms with Crippen molar-refractivity contribution in [3.63, 3.8) is 0 Å². The van der Waals surface area contributed by atoms with Crippen LogP contribution in [0.25, 0.3) is 0 Å². The molecule has 0 atom stereocenters. The van der Waals surface area contributed by atoms with E-state index >= 15 is 0 Å². The van der Waals surface area contributed by atoms with Crippen molar-refractivity contribution in [2.75, 3.05) is 6.54 Å². The lowest BCUT2D eigenvalue weighted by Crippen LogP contribution is -2.42. The average molecular weight is 217 g/mol. The maximum atomic E-state index is 2.60. The third-order valence-electron chi connectivity index (χ3n) is 3.55. The van der Waals surface area contributed by atoms with Crippen LogP contribution in [0.2, 0.25) is 0 Å². The Kier molecular flexibility index (Phi) is 3.34. The first-order valence-electron chi connectivity index (χ1n) is 6.39. The van der Waals surface area contributed by atoms with Crippen molar-refractivity contribution in [3.8, 4) is 0 Å². The molecule has 1 nitrogen and oxygen atoms in total. The zero-order chi connectivity index (χ0) is 11.6. The molecule has 0 aliphatic carbocycles. The Morgan fingerprint density at radius 3 is 2.38 bits per heavy atom. The van der Waals surface area contributed by atoms with E-state index in [1.807, 2.05) is 0 Å². The number of aryl methyl sites for hydroxylation is 1. The van der Waals surface area contributed by atoms with Crippen molar-refractivity contribution in [1.29, 1.82) is 0 Å². The number of rotatable bonds is 0. The van der Waals surface area contributed by atoms with Gasteiger partial charge in [0, 0.05) is 12.1 Å². The minimum Gasteiger partial charge on any atom is -0.294 e. The van der Waals surface area contributed by atoms with Crippen LogP contribution in [0, 0.1) is 0 Å². The van der Waals surface area contributed by atoms with Gasteiger partial charge in [0.2, 0.25) is 0 Å². The zero-order valence-corrected chi connectivity index (χ0v) is 10.8. The van der Waals surface area contributed by atoms with Crippen LogP contribution in [0.1, 0.15) is 44.7 Å². The Bertz CT molecular complexity index is 349. The Hall–Kier alpha value is -0.820. The third-order valence-corrected chi connectivity index (χ3v) is 3.55. The molecule has 0 fully saturated rings. The van der Waals surface area contributed by atoms with E-state index in [2.05, 4.69) is 49.9 Å². The minimum atomic E-state index is 0.282. The van der Waals surface area contributed by atoms with E-state index in [1.54, 1.807) is 5.56 Å². The van der Waals surface area contributed by atoms with E-state index in [1.165, 1.54) is 31.4 Å². The van der Waals surface area contributed by atoms with Gasteiger partial charge in [-0.25, -0.2) is 0 Å². The van der Waals surface area contributed by atoms with Gasteiger partial charge in [-0.1, -0.05) is 24.3 Å². The number of hydrogen-bond donors (Lipinski definition) is 0. The second-order valence-corrected chi connectivity index (χ2v) is 5.82. The summed E-state index contributed by atoms with van der Waals surface area (Å²) in [5, 5.41) is 0. The molecule has 0 bridgehead atoms. The van der Waals surface area contributed by atoms with Gasteiger partial charge in [0.15, 0.2) is 0 Å². The molecule has 88 valence electrons. The van der Waals surface area contributed by atoms with Crippen LogP contribution in [-0.4, -0.2) is 17.0 Å². The SMILES string of the molecule is CC(C)(C)N1CCCCc2ccccc2C1. The maximum absolute atomic E-state index is 2.60. The van der Waals surface area contributed by atoms with Gasteiger partial charge >= 0.3 is 0 Å². The first-order valence-corrected chi connectivity index (χ1v) is 6.39. The highest BCUT2D eigenvalue weighted by atomic mass is 15.2. The molecule has 0 amide bonds. The Morgan fingerprint density at radius 2 is 1.69 bits per heavy atom. The van der Waals surface area contributed by atoms with Crippen LogP contribution in [0.4, 0.5) is 0 Å². The lowest BCUT2D eigenvalue weighted by atomic mass is 9.96. The molecule has 1 aliphatic rings. The molecule has 0 saturated heterocycles. The normalized spacial score (nSPS) is 18.7. The number of fused-ring (bicyclic) bond motifs is 1. The molecule has 1 heteroatoms. The van der Waals surface area contributed by atoms with E-state index in [4.69, 9.17) is 0 Å². The minimum absolute atomic E-state index is 0.282. The van der Waals surface area contributed by atoms with Crippen molar-refractivity contribution in [3.05, 3.63) is 35.4 Å². The molecule has 1 aliphatic heterocycles. The summed E-state index contributed by atoms with van der Waals surface area (Å²) in [7, 11) is 0. The summed E-state index contributed by atoms with van der Waals surface area (Å²) in [6.45, 7) is 9.29. The fourth-order valence-electron chi connectivity index (χ4n) is 2.43. The molecule has 1 aromatic rings. The summed E-state index contributed by atoms with van der Waals surface area (Å²) in [5.74, 6) is 0. The van der Waals surface area contributed by atoms with Crippen molar-refractivity contribution in [1.82, 2.24) is 4.90 Å². The summed E-state index contributed by atoms with van der Waals surface area (Å²) >= 11 is 0. The molecular formula is C15H23N. The zero-order valence-electron chi connectivity index (χ0n) is 10.8. The molecule has 1 heterocycles. The molecule has 0 unspecified atom stereocenters. The van der Waals surface area contributed by atoms with Crippen molar-refractivity contribution in [2.24, 2.45) is 0 Å².